The monoisotopic (exact) mass is 433 g/mol. The first-order valence-corrected chi connectivity index (χ1v) is 10.9. The zero-order valence-corrected chi connectivity index (χ0v) is 18.4. The van der Waals surface area contributed by atoms with Crippen molar-refractivity contribution in [2.75, 3.05) is 19.6 Å². The number of likely N-dealkylation sites (tertiary alicyclic amines) is 2. The van der Waals surface area contributed by atoms with E-state index in [2.05, 4.69) is 15.2 Å². The van der Waals surface area contributed by atoms with Gasteiger partial charge in [0.05, 0.1) is 5.41 Å². The molecule has 2 aliphatic heterocycles. The Kier molecular flexibility index (Phi) is 5.03. The number of nitrogens with zero attached hydrogens (tertiary/aromatic N) is 7. The molecule has 3 aromatic rings. The van der Waals surface area contributed by atoms with Gasteiger partial charge in [0, 0.05) is 76.7 Å². The van der Waals surface area contributed by atoms with Crippen LogP contribution in [-0.4, -0.2) is 65.8 Å². The summed E-state index contributed by atoms with van der Waals surface area (Å²) in [6.07, 6.45) is 8.57. The molecule has 9 heteroatoms. The van der Waals surface area contributed by atoms with Crippen molar-refractivity contribution in [1.82, 2.24) is 34.3 Å². The molecule has 0 aliphatic carbocycles. The Labute approximate surface area is 186 Å². The van der Waals surface area contributed by atoms with Crippen molar-refractivity contribution in [2.24, 2.45) is 19.5 Å². The van der Waals surface area contributed by atoms with E-state index in [1.165, 1.54) is 0 Å². The normalized spacial score (nSPS) is 23.3. The van der Waals surface area contributed by atoms with Gasteiger partial charge in [-0.3, -0.25) is 23.9 Å². The van der Waals surface area contributed by atoms with Gasteiger partial charge in [-0.25, -0.2) is 0 Å². The van der Waals surface area contributed by atoms with Crippen molar-refractivity contribution in [3.63, 3.8) is 0 Å². The van der Waals surface area contributed by atoms with Gasteiger partial charge in [-0.05, 0) is 36.6 Å². The van der Waals surface area contributed by atoms with Crippen LogP contribution in [0.4, 0.5) is 0 Å². The molecule has 0 radical (unpaired) electrons. The fourth-order valence-corrected chi connectivity index (χ4v) is 5.36. The maximum atomic E-state index is 14.0. The molecule has 0 aromatic carbocycles. The number of aryl methyl sites for hydroxylation is 2. The third kappa shape index (κ3) is 3.28. The lowest BCUT2D eigenvalue weighted by Crippen LogP contribution is -2.52. The molecule has 0 N–H and O–H groups in total. The number of pyridine rings is 1. The molecule has 1 spiro atoms. The van der Waals surface area contributed by atoms with Crippen molar-refractivity contribution in [3.05, 3.63) is 66.0 Å². The highest BCUT2D eigenvalue weighted by atomic mass is 16.2. The van der Waals surface area contributed by atoms with Crippen LogP contribution < -0.4 is 0 Å². The molecule has 5 heterocycles. The SMILES string of the molecule is Cn1nccc1C(=O)N1C[C@@H](c2ccnn2C)[C@@]2(CCCN(Cc3cccnc3)C2=O)C1. The van der Waals surface area contributed by atoms with Gasteiger partial charge in [0.15, 0.2) is 0 Å². The second kappa shape index (κ2) is 7.89. The van der Waals surface area contributed by atoms with E-state index in [9.17, 15) is 9.59 Å². The summed E-state index contributed by atoms with van der Waals surface area (Å²) in [5.41, 5.74) is 1.86. The minimum absolute atomic E-state index is 0.0915. The Balaban J connectivity index is 1.50. The fraction of sp³-hybridized carbons (Fsp3) is 0.435. The topological polar surface area (TPSA) is 89.2 Å². The van der Waals surface area contributed by atoms with Crippen LogP contribution in [0.15, 0.2) is 49.1 Å². The number of piperidine rings is 1. The van der Waals surface area contributed by atoms with E-state index in [4.69, 9.17) is 0 Å². The third-order valence-corrected chi connectivity index (χ3v) is 6.95. The lowest BCUT2D eigenvalue weighted by molar-refractivity contribution is -0.147. The molecular formula is C23H27N7O2. The lowest BCUT2D eigenvalue weighted by atomic mass is 9.70. The Bertz CT molecular complexity index is 1140. The number of carbonyl (C=O) groups excluding carboxylic acids is 2. The predicted octanol–water partition coefficient (Wildman–Crippen LogP) is 1.60. The first kappa shape index (κ1) is 20.4. The number of amides is 2. The van der Waals surface area contributed by atoms with Crippen molar-refractivity contribution in [3.8, 4) is 0 Å². The number of hydrogen-bond acceptors (Lipinski definition) is 5. The summed E-state index contributed by atoms with van der Waals surface area (Å²) in [5.74, 6) is -0.0956. The molecular weight excluding hydrogens is 406 g/mol. The molecule has 0 bridgehead atoms. The van der Waals surface area contributed by atoms with E-state index in [0.717, 1.165) is 24.1 Å². The van der Waals surface area contributed by atoms with Crippen LogP contribution in [-0.2, 0) is 25.4 Å². The Morgan fingerprint density at radius 1 is 1.12 bits per heavy atom. The highest BCUT2D eigenvalue weighted by Gasteiger charge is 2.57. The van der Waals surface area contributed by atoms with E-state index in [1.807, 2.05) is 39.7 Å². The molecule has 32 heavy (non-hydrogen) atoms. The molecule has 3 aromatic heterocycles. The molecule has 2 atom stereocenters. The predicted molar refractivity (Wildman–Crippen MR) is 116 cm³/mol. The third-order valence-electron chi connectivity index (χ3n) is 6.95. The maximum absolute atomic E-state index is 14.0. The molecule has 5 rings (SSSR count). The number of rotatable bonds is 4. The van der Waals surface area contributed by atoms with E-state index >= 15 is 0 Å². The standard InChI is InChI=1S/C23H27N7O2/c1-27-19(6-10-25-27)18-15-30(21(31)20-7-11-26-28(20)2)16-23(18)8-4-12-29(22(23)32)14-17-5-3-9-24-13-17/h3,5-7,9-11,13,18H,4,8,12,14-16H2,1-2H3/t18-,23+/m0/s1. The second-order valence-electron chi connectivity index (χ2n) is 8.81. The number of carbonyl (C=O) groups is 2. The summed E-state index contributed by atoms with van der Waals surface area (Å²) >= 11 is 0. The quantitative estimate of drug-likeness (QED) is 0.624. The van der Waals surface area contributed by atoms with Crippen LogP contribution in [0.1, 0.15) is 40.5 Å². The highest BCUT2D eigenvalue weighted by molar-refractivity contribution is 5.94. The molecule has 2 aliphatic rings. The molecule has 2 fully saturated rings. The zero-order valence-electron chi connectivity index (χ0n) is 18.4. The second-order valence-corrected chi connectivity index (χ2v) is 8.81. The van der Waals surface area contributed by atoms with Crippen LogP contribution in [0.5, 0.6) is 0 Å². The van der Waals surface area contributed by atoms with Crippen molar-refractivity contribution in [1.29, 1.82) is 0 Å². The van der Waals surface area contributed by atoms with Crippen LogP contribution >= 0.6 is 0 Å². The van der Waals surface area contributed by atoms with Gasteiger partial charge in [0.25, 0.3) is 5.91 Å². The van der Waals surface area contributed by atoms with Crippen molar-refractivity contribution in [2.45, 2.75) is 25.3 Å². The van der Waals surface area contributed by atoms with Crippen molar-refractivity contribution < 1.29 is 9.59 Å². The maximum Gasteiger partial charge on any atom is 0.272 e. The first-order chi connectivity index (χ1) is 15.5. The average molecular weight is 434 g/mol. The van der Waals surface area contributed by atoms with Gasteiger partial charge in [-0.2, -0.15) is 10.2 Å². The van der Waals surface area contributed by atoms with Gasteiger partial charge in [0.2, 0.25) is 5.91 Å². The average Bonchev–Trinajstić information content (AvgIpc) is 3.51. The van der Waals surface area contributed by atoms with Crippen molar-refractivity contribution >= 4 is 11.8 Å². The zero-order chi connectivity index (χ0) is 22.3. The molecule has 166 valence electrons. The molecule has 2 saturated heterocycles. The lowest BCUT2D eigenvalue weighted by Gasteiger charge is -2.42. The van der Waals surface area contributed by atoms with Gasteiger partial charge >= 0.3 is 0 Å². The van der Waals surface area contributed by atoms with E-state index < -0.39 is 5.41 Å². The van der Waals surface area contributed by atoms with Crippen LogP contribution in [0.25, 0.3) is 0 Å². The summed E-state index contributed by atoms with van der Waals surface area (Å²) in [6, 6.07) is 7.58. The summed E-state index contributed by atoms with van der Waals surface area (Å²) < 4.78 is 3.42. The first-order valence-electron chi connectivity index (χ1n) is 10.9. The molecule has 2 amide bonds. The minimum Gasteiger partial charge on any atom is -0.338 e. The molecule has 0 unspecified atom stereocenters. The summed E-state index contributed by atoms with van der Waals surface area (Å²) in [5, 5.41) is 8.49. The Hall–Kier alpha value is -3.49. The molecule has 9 nitrogen and oxygen atoms in total. The smallest absolute Gasteiger partial charge is 0.272 e. The summed E-state index contributed by atoms with van der Waals surface area (Å²) in [6.45, 7) is 2.12. The highest BCUT2D eigenvalue weighted by Crippen LogP contribution is 2.49. The number of hydrogen-bond donors (Lipinski definition) is 0. The Morgan fingerprint density at radius 3 is 2.62 bits per heavy atom. The van der Waals surface area contributed by atoms with Gasteiger partial charge in [-0.1, -0.05) is 6.07 Å². The van der Waals surface area contributed by atoms with Crippen LogP contribution in [0.2, 0.25) is 0 Å². The number of aromatic nitrogens is 5. The van der Waals surface area contributed by atoms with E-state index in [1.54, 1.807) is 42.6 Å². The van der Waals surface area contributed by atoms with Gasteiger partial charge < -0.3 is 9.80 Å². The molecule has 0 saturated carbocycles. The summed E-state index contributed by atoms with van der Waals surface area (Å²) in [7, 11) is 3.66. The van der Waals surface area contributed by atoms with E-state index in [0.29, 0.717) is 31.9 Å². The van der Waals surface area contributed by atoms with Gasteiger partial charge in [0.1, 0.15) is 5.69 Å². The van der Waals surface area contributed by atoms with Crippen LogP contribution in [0, 0.1) is 5.41 Å². The summed E-state index contributed by atoms with van der Waals surface area (Å²) in [4.78, 5) is 35.3. The minimum atomic E-state index is -0.664. The fourth-order valence-electron chi connectivity index (χ4n) is 5.36. The van der Waals surface area contributed by atoms with E-state index in [-0.39, 0.29) is 17.7 Å². The van der Waals surface area contributed by atoms with Crippen LogP contribution in [0.3, 0.4) is 0 Å². The van der Waals surface area contributed by atoms with Gasteiger partial charge in [-0.15, -0.1) is 0 Å². The largest absolute Gasteiger partial charge is 0.338 e. The Morgan fingerprint density at radius 2 is 1.94 bits per heavy atom.